The lowest BCUT2D eigenvalue weighted by Crippen LogP contribution is -2.60. The van der Waals surface area contributed by atoms with E-state index in [0.717, 1.165) is 0 Å². The molecule has 7 heteroatoms. The molecule has 0 bridgehead atoms. The highest BCUT2D eigenvalue weighted by atomic mass is 35.5. The molecular formula is C24H27ClO6. The monoisotopic (exact) mass is 446 g/mol. The molecule has 0 aliphatic heterocycles. The van der Waals surface area contributed by atoms with Gasteiger partial charge in [-0.2, -0.15) is 0 Å². The fraction of sp³-hybridized carbons (Fsp3) is 0.583. The zero-order valence-corrected chi connectivity index (χ0v) is 18.8. The number of rotatable bonds is 3. The van der Waals surface area contributed by atoms with E-state index in [-0.39, 0.29) is 35.7 Å². The molecule has 0 radical (unpaired) electrons. The first-order chi connectivity index (χ1) is 14.4. The molecule has 0 aromatic rings. The highest BCUT2D eigenvalue weighted by Crippen LogP contribution is 2.67. The molecule has 0 aromatic heterocycles. The Bertz CT molecular complexity index is 992. The third-order valence-electron chi connectivity index (χ3n) is 8.26. The second-order valence-electron chi connectivity index (χ2n) is 9.90. The van der Waals surface area contributed by atoms with Crippen LogP contribution in [0.5, 0.6) is 0 Å². The lowest BCUT2D eigenvalue weighted by Gasteiger charge is -2.56. The normalized spacial score (nSPS) is 41.6. The van der Waals surface area contributed by atoms with Gasteiger partial charge in [-0.15, -0.1) is 0 Å². The summed E-state index contributed by atoms with van der Waals surface area (Å²) < 4.78 is 4.85. The minimum atomic E-state index is -1.96. The molecule has 0 spiro atoms. The molecule has 2 fully saturated rings. The average molecular weight is 447 g/mol. The van der Waals surface area contributed by atoms with Gasteiger partial charge in [-0.05, 0) is 41.9 Å². The van der Waals surface area contributed by atoms with Crippen molar-refractivity contribution >= 4 is 34.9 Å². The lowest BCUT2D eigenvalue weighted by atomic mass is 9.47. The summed E-state index contributed by atoms with van der Waals surface area (Å²) >= 11 is 6.62. The molecule has 31 heavy (non-hydrogen) atoms. The number of aliphatic hydroxyl groups is 1. The summed E-state index contributed by atoms with van der Waals surface area (Å²) in [7, 11) is 0. The maximum absolute atomic E-state index is 13.6. The number of hydrogen-bond donors (Lipinski definition) is 1. The maximum Gasteiger partial charge on any atom is 0.303 e. The summed E-state index contributed by atoms with van der Waals surface area (Å²) in [6, 6.07) is 0. The van der Waals surface area contributed by atoms with E-state index in [0.29, 0.717) is 35.4 Å². The van der Waals surface area contributed by atoms with Gasteiger partial charge in [-0.25, -0.2) is 0 Å². The van der Waals surface area contributed by atoms with Crippen molar-refractivity contribution in [3.8, 4) is 0 Å². The summed E-state index contributed by atoms with van der Waals surface area (Å²) in [4.78, 5) is 49.8. The summed E-state index contributed by atoms with van der Waals surface area (Å²) in [6.07, 6.45) is 4.65. The Morgan fingerprint density at radius 2 is 2.00 bits per heavy atom. The fourth-order valence-electron chi connectivity index (χ4n) is 6.67. The lowest BCUT2D eigenvalue weighted by molar-refractivity contribution is -0.166. The molecular weight excluding hydrogens is 420 g/mol. The van der Waals surface area contributed by atoms with Crippen LogP contribution in [-0.2, 0) is 23.9 Å². The molecule has 166 valence electrons. The smallest absolute Gasteiger partial charge is 0.303 e. The molecule has 0 amide bonds. The van der Waals surface area contributed by atoms with Crippen molar-refractivity contribution < 1.29 is 29.0 Å². The molecule has 4 rings (SSSR count). The molecule has 0 aromatic carbocycles. The van der Waals surface area contributed by atoms with E-state index in [9.17, 15) is 24.3 Å². The van der Waals surface area contributed by atoms with Crippen LogP contribution in [0.2, 0.25) is 0 Å². The molecule has 0 saturated heterocycles. The predicted octanol–water partition coefficient (Wildman–Crippen LogP) is 3.07. The Labute approximate surface area is 186 Å². The number of allylic oxidation sites excluding steroid dienone is 4. The molecule has 0 unspecified atom stereocenters. The summed E-state index contributed by atoms with van der Waals surface area (Å²) in [6.45, 7) is 8.33. The van der Waals surface area contributed by atoms with E-state index in [1.54, 1.807) is 13.0 Å². The van der Waals surface area contributed by atoms with Gasteiger partial charge in [0.2, 0.25) is 5.78 Å². The van der Waals surface area contributed by atoms with Crippen LogP contribution in [0.3, 0.4) is 0 Å². The summed E-state index contributed by atoms with van der Waals surface area (Å²) in [5.74, 6) is -2.25. The van der Waals surface area contributed by atoms with Gasteiger partial charge >= 0.3 is 5.97 Å². The van der Waals surface area contributed by atoms with Crippen molar-refractivity contribution in [2.45, 2.75) is 52.1 Å². The standard InChI is InChI=1S/C24H27ClO6/c1-12-7-16-15-9-18(25)17-8-14(27)5-6-22(17,3)21(15)19(28)10-23(16,4)24(12,30)20(29)11-31-13(2)26/h8-9,15-16,21,30H,1,5-7,10-11H2,2-4H3/t15-,16-,21+,22-,23-,24-/m0/s1. The van der Waals surface area contributed by atoms with Gasteiger partial charge in [0.25, 0.3) is 0 Å². The first-order valence-corrected chi connectivity index (χ1v) is 11.0. The minimum Gasteiger partial charge on any atom is -0.458 e. The van der Waals surface area contributed by atoms with Crippen LogP contribution < -0.4 is 0 Å². The third kappa shape index (κ3) is 2.87. The van der Waals surface area contributed by atoms with Crippen molar-refractivity contribution in [2.24, 2.45) is 28.6 Å². The van der Waals surface area contributed by atoms with Crippen molar-refractivity contribution in [3.05, 3.63) is 34.9 Å². The Morgan fingerprint density at radius 3 is 2.65 bits per heavy atom. The van der Waals surface area contributed by atoms with Gasteiger partial charge in [0, 0.05) is 41.5 Å². The zero-order chi connectivity index (χ0) is 22.9. The Hall–Kier alpha value is -2.05. The summed E-state index contributed by atoms with van der Waals surface area (Å²) in [5.41, 5.74) is -2.57. The van der Waals surface area contributed by atoms with Crippen molar-refractivity contribution in [3.63, 3.8) is 0 Å². The molecule has 1 N–H and O–H groups in total. The third-order valence-corrected chi connectivity index (χ3v) is 8.59. The van der Waals surface area contributed by atoms with E-state index in [2.05, 4.69) is 6.58 Å². The van der Waals surface area contributed by atoms with E-state index < -0.39 is 34.8 Å². The molecule has 6 atom stereocenters. The van der Waals surface area contributed by atoms with Crippen LogP contribution in [0.25, 0.3) is 0 Å². The van der Waals surface area contributed by atoms with E-state index in [1.165, 1.54) is 6.92 Å². The maximum atomic E-state index is 13.6. The van der Waals surface area contributed by atoms with Gasteiger partial charge < -0.3 is 9.84 Å². The molecule has 4 aliphatic rings. The first-order valence-electron chi connectivity index (χ1n) is 10.6. The van der Waals surface area contributed by atoms with Crippen LogP contribution in [0.4, 0.5) is 0 Å². The second-order valence-corrected chi connectivity index (χ2v) is 10.3. The number of hydrogen-bond acceptors (Lipinski definition) is 6. The van der Waals surface area contributed by atoms with Gasteiger partial charge in [-0.1, -0.05) is 38.1 Å². The van der Waals surface area contributed by atoms with Crippen LogP contribution >= 0.6 is 11.6 Å². The van der Waals surface area contributed by atoms with Gasteiger partial charge in [-0.3, -0.25) is 19.2 Å². The number of carbonyl (C=O) groups is 4. The first kappa shape index (κ1) is 22.2. The van der Waals surface area contributed by atoms with Crippen LogP contribution in [0.15, 0.2) is 34.9 Å². The fourth-order valence-corrected chi connectivity index (χ4v) is 7.08. The Morgan fingerprint density at radius 1 is 1.32 bits per heavy atom. The number of fused-ring (bicyclic) bond motifs is 5. The molecule has 4 aliphatic carbocycles. The van der Waals surface area contributed by atoms with Crippen molar-refractivity contribution in [1.82, 2.24) is 0 Å². The Kier molecular flexibility index (Phi) is 4.98. The second kappa shape index (κ2) is 6.97. The SMILES string of the molecule is C=C1C[C@H]2[C@@H]3C=C(Cl)C4=CC(=O)CC[C@]4(C)[C@H]3C(=O)C[C@]2(C)[C@@]1(O)C(=O)COC(C)=O. The molecule has 0 heterocycles. The number of carbonyl (C=O) groups excluding carboxylic acids is 4. The van der Waals surface area contributed by atoms with E-state index in [4.69, 9.17) is 16.3 Å². The topological polar surface area (TPSA) is 97.7 Å². The number of ether oxygens (including phenoxy) is 1. The van der Waals surface area contributed by atoms with Gasteiger partial charge in [0.15, 0.2) is 18.0 Å². The highest BCUT2D eigenvalue weighted by Gasteiger charge is 2.69. The Balaban J connectivity index is 1.79. The van der Waals surface area contributed by atoms with Gasteiger partial charge in [0.1, 0.15) is 5.78 Å². The number of halogens is 1. The molecule has 6 nitrogen and oxygen atoms in total. The van der Waals surface area contributed by atoms with Crippen molar-refractivity contribution in [2.75, 3.05) is 6.61 Å². The average Bonchev–Trinajstić information content (AvgIpc) is 2.88. The van der Waals surface area contributed by atoms with Crippen LogP contribution in [0, 0.1) is 28.6 Å². The largest absolute Gasteiger partial charge is 0.458 e. The highest BCUT2D eigenvalue weighted by molar-refractivity contribution is 6.32. The van der Waals surface area contributed by atoms with Crippen molar-refractivity contribution in [1.29, 1.82) is 0 Å². The molecule has 2 saturated carbocycles. The number of esters is 1. The summed E-state index contributed by atoms with van der Waals surface area (Å²) in [5, 5.41) is 12.1. The minimum absolute atomic E-state index is 0.00242. The zero-order valence-electron chi connectivity index (χ0n) is 18.0. The van der Waals surface area contributed by atoms with E-state index >= 15 is 0 Å². The van der Waals surface area contributed by atoms with Crippen LogP contribution in [0.1, 0.15) is 46.5 Å². The number of ketones is 3. The van der Waals surface area contributed by atoms with Crippen LogP contribution in [-0.4, -0.2) is 40.6 Å². The van der Waals surface area contributed by atoms with E-state index in [1.807, 2.05) is 13.0 Å². The number of Topliss-reactive ketones (excluding diaryl/α,β-unsaturated/α-hetero) is 2. The quantitative estimate of drug-likeness (QED) is 0.528. The predicted molar refractivity (Wildman–Crippen MR) is 113 cm³/mol. The van der Waals surface area contributed by atoms with Gasteiger partial charge in [0.05, 0.1) is 0 Å².